The van der Waals surface area contributed by atoms with Crippen molar-refractivity contribution in [2.24, 2.45) is 0 Å². The van der Waals surface area contributed by atoms with Gasteiger partial charge in [-0.1, -0.05) is 17.2 Å². The molecule has 28 heavy (non-hydrogen) atoms. The molecule has 2 saturated heterocycles. The van der Waals surface area contributed by atoms with Crippen LogP contribution in [0.1, 0.15) is 21.5 Å². The number of aryl methyl sites for hydroxylation is 2. The van der Waals surface area contributed by atoms with Gasteiger partial charge < -0.3 is 19.4 Å². The van der Waals surface area contributed by atoms with E-state index in [1.807, 2.05) is 43.1 Å². The second kappa shape index (κ2) is 8.14. The smallest absolute Gasteiger partial charge is 0.253 e. The molecular formula is C21H27N5O2. The highest BCUT2D eigenvalue weighted by Crippen LogP contribution is 2.19. The molecule has 0 saturated carbocycles. The number of rotatable bonds is 3. The summed E-state index contributed by atoms with van der Waals surface area (Å²) in [5, 5.41) is 0. The van der Waals surface area contributed by atoms with Crippen LogP contribution in [0, 0.1) is 13.8 Å². The highest BCUT2D eigenvalue weighted by molar-refractivity contribution is 5.94. The largest absolute Gasteiger partial charge is 0.378 e. The minimum atomic E-state index is 0.114. The van der Waals surface area contributed by atoms with E-state index in [9.17, 15) is 4.79 Å². The van der Waals surface area contributed by atoms with Gasteiger partial charge in [-0.3, -0.25) is 4.79 Å². The molecule has 1 aromatic carbocycles. The Hall–Kier alpha value is -2.67. The number of carbonyl (C=O) groups is 1. The van der Waals surface area contributed by atoms with Crippen molar-refractivity contribution in [2.45, 2.75) is 13.8 Å². The normalized spacial score (nSPS) is 17.7. The van der Waals surface area contributed by atoms with E-state index in [1.165, 1.54) is 0 Å². The Morgan fingerprint density at radius 2 is 1.61 bits per heavy atom. The maximum atomic E-state index is 12.9. The van der Waals surface area contributed by atoms with E-state index in [-0.39, 0.29) is 5.91 Å². The van der Waals surface area contributed by atoms with Crippen LogP contribution >= 0.6 is 0 Å². The summed E-state index contributed by atoms with van der Waals surface area (Å²) in [4.78, 5) is 28.4. The van der Waals surface area contributed by atoms with Gasteiger partial charge in [-0.15, -0.1) is 0 Å². The Balaban J connectivity index is 1.40. The number of aromatic nitrogens is 2. The maximum Gasteiger partial charge on any atom is 0.253 e. The molecule has 2 aliphatic rings. The Morgan fingerprint density at radius 3 is 2.29 bits per heavy atom. The first kappa shape index (κ1) is 18.7. The molecule has 2 aromatic rings. The SMILES string of the molecule is Cc1cc(C)cc(C(=O)N2CCN(c3ccnc(N4CCOCC4)n3)CC2)c1. The van der Waals surface area contributed by atoms with Crippen LogP contribution in [0.15, 0.2) is 30.5 Å². The number of nitrogens with zero attached hydrogens (tertiary/aromatic N) is 5. The van der Waals surface area contributed by atoms with Gasteiger partial charge in [0.1, 0.15) is 5.82 Å². The molecular weight excluding hydrogens is 354 g/mol. The quantitative estimate of drug-likeness (QED) is 0.809. The van der Waals surface area contributed by atoms with Crippen molar-refractivity contribution >= 4 is 17.7 Å². The molecule has 7 heteroatoms. The van der Waals surface area contributed by atoms with E-state index in [2.05, 4.69) is 20.9 Å². The Bertz CT molecular complexity index is 822. The molecule has 7 nitrogen and oxygen atoms in total. The molecule has 0 unspecified atom stereocenters. The molecule has 148 valence electrons. The molecule has 0 radical (unpaired) electrons. The van der Waals surface area contributed by atoms with Gasteiger partial charge in [0.15, 0.2) is 0 Å². The van der Waals surface area contributed by atoms with Crippen LogP contribution in [0.25, 0.3) is 0 Å². The number of hydrogen-bond acceptors (Lipinski definition) is 6. The number of piperazine rings is 1. The third-order valence-electron chi connectivity index (χ3n) is 5.28. The van der Waals surface area contributed by atoms with Crippen LogP contribution in [0.5, 0.6) is 0 Å². The number of hydrogen-bond donors (Lipinski definition) is 0. The zero-order valence-corrected chi connectivity index (χ0v) is 16.6. The summed E-state index contributed by atoms with van der Waals surface area (Å²) < 4.78 is 5.41. The lowest BCUT2D eigenvalue weighted by molar-refractivity contribution is 0.0746. The number of morpholine rings is 1. The first-order chi connectivity index (χ1) is 13.6. The van der Waals surface area contributed by atoms with Crippen LogP contribution in [-0.2, 0) is 4.74 Å². The minimum Gasteiger partial charge on any atom is -0.378 e. The van der Waals surface area contributed by atoms with Crippen molar-refractivity contribution < 1.29 is 9.53 Å². The first-order valence-electron chi connectivity index (χ1n) is 9.88. The molecule has 0 spiro atoms. The van der Waals surface area contributed by atoms with Crippen LogP contribution in [-0.4, -0.2) is 73.3 Å². The maximum absolute atomic E-state index is 12.9. The highest BCUT2D eigenvalue weighted by Gasteiger charge is 2.24. The van der Waals surface area contributed by atoms with Gasteiger partial charge in [0.2, 0.25) is 5.95 Å². The van der Waals surface area contributed by atoms with E-state index in [4.69, 9.17) is 9.72 Å². The van der Waals surface area contributed by atoms with Crippen molar-refractivity contribution in [3.05, 3.63) is 47.2 Å². The van der Waals surface area contributed by atoms with Crippen molar-refractivity contribution in [1.82, 2.24) is 14.9 Å². The predicted octanol–water partition coefficient (Wildman–Crippen LogP) is 1.89. The molecule has 0 atom stereocenters. The third kappa shape index (κ3) is 4.09. The standard InChI is InChI=1S/C21H27N5O2/c1-16-13-17(2)15-18(14-16)20(27)25-7-5-24(6-8-25)19-3-4-22-21(23-19)26-9-11-28-12-10-26/h3-4,13-15H,5-12H2,1-2H3. The van der Waals surface area contributed by atoms with E-state index in [1.54, 1.807) is 0 Å². The topological polar surface area (TPSA) is 61.8 Å². The van der Waals surface area contributed by atoms with Crippen LogP contribution in [0.3, 0.4) is 0 Å². The minimum absolute atomic E-state index is 0.114. The summed E-state index contributed by atoms with van der Waals surface area (Å²) in [6.07, 6.45) is 1.82. The zero-order valence-electron chi connectivity index (χ0n) is 16.6. The summed E-state index contributed by atoms with van der Waals surface area (Å²) in [7, 11) is 0. The van der Waals surface area contributed by atoms with Gasteiger partial charge in [0.05, 0.1) is 13.2 Å². The summed E-state index contributed by atoms with van der Waals surface area (Å²) in [5.74, 6) is 1.80. The van der Waals surface area contributed by atoms with E-state index in [0.29, 0.717) is 26.3 Å². The molecule has 2 aliphatic heterocycles. The van der Waals surface area contributed by atoms with E-state index >= 15 is 0 Å². The van der Waals surface area contributed by atoms with Crippen molar-refractivity contribution in [3.8, 4) is 0 Å². The number of anilines is 2. The number of amides is 1. The molecule has 0 aliphatic carbocycles. The van der Waals surface area contributed by atoms with E-state index < -0.39 is 0 Å². The number of ether oxygens (including phenoxy) is 1. The fraction of sp³-hybridized carbons (Fsp3) is 0.476. The monoisotopic (exact) mass is 381 g/mol. The lowest BCUT2D eigenvalue weighted by atomic mass is 10.1. The van der Waals surface area contributed by atoms with Gasteiger partial charge in [-0.2, -0.15) is 4.98 Å². The predicted molar refractivity (Wildman–Crippen MR) is 109 cm³/mol. The third-order valence-corrected chi connectivity index (χ3v) is 5.28. The number of carbonyl (C=O) groups excluding carboxylic acids is 1. The van der Waals surface area contributed by atoms with Gasteiger partial charge >= 0.3 is 0 Å². The molecule has 4 rings (SSSR count). The van der Waals surface area contributed by atoms with Crippen LogP contribution in [0.2, 0.25) is 0 Å². The second-order valence-electron chi connectivity index (χ2n) is 7.47. The summed E-state index contributed by atoms with van der Waals surface area (Å²) in [6.45, 7) is 10.1. The van der Waals surface area contributed by atoms with Crippen molar-refractivity contribution in [3.63, 3.8) is 0 Å². The first-order valence-corrected chi connectivity index (χ1v) is 9.88. The van der Waals surface area contributed by atoms with Crippen LogP contribution in [0.4, 0.5) is 11.8 Å². The summed E-state index contributed by atoms with van der Waals surface area (Å²) in [6, 6.07) is 7.99. The summed E-state index contributed by atoms with van der Waals surface area (Å²) in [5.41, 5.74) is 3.03. The van der Waals surface area contributed by atoms with E-state index in [0.717, 1.165) is 54.6 Å². The molecule has 1 aromatic heterocycles. The Labute approximate surface area is 165 Å². The lowest BCUT2D eigenvalue weighted by Gasteiger charge is -2.36. The van der Waals surface area contributed by atoms with Gasteiger partial charge in [-0.05, 0) is 32.0 Å². The molecule has 3 heterocycles. The van der Waals surface area contributed by atoms with Crippen molar-refractivity contribution in [2.75, 3.05) is 62.3 Å². The average Bonchev–Trinajstić information content (AvgIpc) is 2.73. The second-order valence-corrected chi connectivity index (χ2v) is 7.47. The number of benzene rings is 1. The van der Waals surface area contributed by atoms with Crippen molar-refractivity contribution in [1.29, 1.82) is 0 Å². The summed E-state index contributed by atoms with van der Waals surface area (Å²) >= 11 is 0. The van der Waals surface area contributed by atoms with Crippen LogP contribution < -0.4 is 9.80 Å². The highest BCUT2D eigenvalue weighted by atomic mass is 16.5. The van der Waals surface area contributed by atoms with Gasteiger partial charge in [0.25, 0.3) is 5.91 Å². The fourth-order valence-corrected chi connectivity index (χ4v) is 3.85. The average molecular weight is 381 g/mol. The fourth-order valence-electron chi connectivity index (χ4n) is 3.85. The molecule has 0 N–H and O–H groups in total. The molecule has 0 bridgehead atoms. The van der Waals surface area contributed by atoms with Gasteiger partial charge in [-0.25, -0.2) is 4.98 Å². The van der Waals surface area contributed by atoms with Gasteiger partial charge in [0, 0.05) is 51.0 Å². The molecule has 2 fully saturated rings. The Kier molecular flexibility index (Phi) is 5.43. The Morgan fingerprint density at radius 1 is 0.929 bits per heavy atom. The lowest BCUT2D eigenvalue weighted by Crippen LogP contribution is -2.49. The zero-order chi connectivity index (χ0) is 19.5. The molecule has 1 amide bonds.